The van der Waals surface area contributed by atoms with Crippen molar-refractivity contribution in [2.45, 2.75) is 0 Å². The molecular weight excluding hydrogens is 311 g/mol. The Labute approximate surface area is 99.3 Å². The summed E-state index contributed by atoms with van der Waals surface area (Å²) in [6.45, 7) is 0. The molecular formula is C11H6F2IN. The van der Waals surface area contributed by atoms with E-state index in [1.54, 1.807) is 18.2 Å². The van der Waals surface area contributed by atoms with Crippen LogP contribution in [0.25, 0.3) is 11.1 Å². The zero-order valence-electron chi connectivity index (χ0n) is 7.55. The van der Waals surface area contributed by atoms with E-state index >= 15 is 0 Å². The molecule has 1 aromatic carbocycles. The molecule has 0 aliphatic carbocycles. The summed E-state index contributed by atoms with van der Waals surface area (Å²) < 4.78 is 27.1. The fourth-order valence-corrected chi connectivity index (χ4v) is 2.01. The lowest BCUT2D eigenvalue weighted by atomic mass is 10.1. The number of nitrogens with zero attached hydrogens (tertiary/aromatic N) is 1. The third-order valence-corrected chi connectivity index (χ3v) is 2.87. The second kappa shape index (κ2) is 4.22. The van der Waals surface area contributed by atoms with Gasteiger partial charge in [0.1, 0.15) is 5.82 Å². The van der Waals surface area contributed by atoms with Crippen molar-refractivity contribution in [3.05, 3.63) is 51.9 Å². The third-order valence-electron chi connectivity index (χ3n) is 1.97. The van der Waals surface area contributed by atoms with E-state index in [-0.39, 0.29) is 5.82 Å². The monoisotopic (exact) mass is 317 g/mol. The van der Waals surface area contributed by atoms with Crippen molar-refractivity contribution in [3.63, 3.8) is 0 Å². The molecule has 0 spiro atoms. The van der Waals surface area contributed by atoms with E-state index in [2.05, 4.69) is 4.98 Å². The first-order valence-corrected chi connectivity index (χ1v) is 5.32. The van der Waals surface area contributed by atoms with Crippen LogP contribution in [0.3, 0.4) is 0 Å². The number of benzene rings is 1. The summed E-state index contributed by atoms with van der Waals surface area (Å²) in [5, 5.41) is 0. The van der Waals surface area contributed by atoms with Crippen molar-refractivity contribution >= 4 is 22.6 Å². The lowest BCUT2D eigenvalue weighted by molar-refractivity contribution is 0.586. The summed E-state index contributed by atoms with van der Waals surface area (Å²) in [4.78, 5) is 3.55. The van der Waals surface area contributed by atoms with Crippen molar-refractivity contribution < 1.29 is 8.78 Å². The lowest BCUT2D eigenvalue weighted by Crippen LogP contribution is -1.92. The molecule has 4 heteroatoms. The molecule has 0 saturated heterocycles. The van der Waals surface area contributed by atoms with E-state index in [1.807, 2.05) is 22.6 Å². The highest BCUT2D eigenvalue weighted by Gasteiger charge is 2.10. The smallest absolute Gasteiger partial charge is 0.221 e. The van der Waals surface area contributed by atoms with Crippen molar-refractivity contribution in [3.8, 4) is 11.1 Å². The topological polar surface area (TPSA) is 12.9 Å². The summed E-state index contributed by atoms with van der Waals surface area (Å²) >= 11 is 2.00. The van der Waals surface area contributed by atoms with Gasteiger partial charge in [0.2, 0.25) is 5.95 Å². The van der Waals surface area contributed by atoms with Gasteiger partial charge in [-0.3, -0.25) is 0 Å². The maximum absolute atomic E-state index is 13.4. The molecule has 0 unspecified atom stereocenters. The van der Waals surface area contributed by atoms with Gasteiger partial charge in [-0.25, -0.2) is 9.37 Å². The summed E-state index contributed by atoms with van der Waals surface area (Å²) in [6.07, 6.45) is 1.39. The van der Waals surface area contributed by atoms with Crippen LogP contribution >= 0.6 is 22.6 Å². The van der Waals surface area contributed by atoms with E-state index in [9.17, 15) is 8.78 Å². The highest BCUT2D eigenvalue weighted by atomic mass is 127. The molecule has 76 valence electrons. The van der Waals surface area contributed by atoms with Gasteiger partial charge in [0.25, 0.3) is 0 Å². The molecule has 0 N–H and O–H groups in total. The van der Waals surface area contributed by atoms with E-state index in [0.717, 1.165) is 0 Å². The van der Waals surface area contributed by atoms with Gasteiger partial charge in [0.15, 0.2) is 0 Å². The average molecular weight is 317 g/mol. The normalized spacial score (nSPS) is 10.3. The highest BCUT2D eigenvalue weighted by molar-refractivity contribution is 14.1. The molecule has 0 aliphatic rings. The molecule has 0 aliphatic heterocycles. The fraction of sp³-hybridized carbons (Fsp3) is 0. The Morgan fingerprint density at radius 1 is 1.13 bits per heavy atom. The van der Waals surface area contributed by atoms with Gasteiger partial charge in [-0.2, -0.15) is 4.39 Å². The van der Waals surface area contributed by atoms with Crippen molar-refractivity contribution in [2.24, 2.45) is 0 Å². The summed E-state index contributed by atoms with van der Waals surface area (Å²) in [5.74, 6) is -0.959. The van der Waals surface area contributed by atoms with Crippen LogP contribution in [0.2, 0.25) is 0 Å². The minimum absolute atomic E-state index is 0.345. The van der Waals surface area contributed by atoms with Crippen LogP contribution in [-0.4, -0.2) is 4.98 Å². The van der Waals surface area contributed by atoms with Crippen LogP contribution in [0.1, 0.15) is 0 Å². The molecule has 2 rings (SSSR count). The Balaban J connectivity index is 2.63. The van der Waals surface area contributed by atoms with Crippen molar-refractivity contribution in [1.29, 1.82) is 0 Å². The first-order valence-electron chi connectivity index (χ1n) is 4.24. The molecule has 0 amide bonds. The maximum Gasteiger partial charge on any atom is 0.221 e. The first kappa shape index (κ1) is 10.5. The Bertz CT molecular complexity index is 479. The average Bonchev–Trinajstić information content (AvgIpc) is 2.17. The van der Waals surface area contributed by atoms with Crippen LogP contribution in [-0.2, 0) is 0 Å². The lowest BCUT2D eigenvalue weighted by Gasteiger charge is -2.04. The van der Waals surface area contributed by atoms with Gasteiger partial charge in [-0.1, -0.05) is 12.1 Å². The third kappa shape index (κ3) is 2.14. The Morgan fingerprint density at radius 3 is 2.60 bits per heavy atom. The predicted molar refractivity (Wildman–Crippen MR) is 62.3 cm³/mol. The molecule has 1 heterocycles. The number of hydrogen-bond donors (Lipinski definition) is 0. The van der Waals surface area contributed by atoms with Gasteiger partial charge in [-0.05, 0) is 46.4 Å². The fourth-order valence-electron chi connectivity index (χ4n) is 1.32. The van der Waals surface area contributed by atoms with Gasteiger partial charge >= 0.3 is 0 Å². The van der Waals surface area contributed by atoms with Gasteiger partial charge in [0.05, 0.1) is 5.56 Å². The van der Waals surface area contributed by atoms with E-state index in [1.165, 1.54) is 18.3 Å². The number of halogens is 3. The molecule has 0 saturated carbocycles. The summed E-state index contributed by atoms with van der Waals surface area (Å²) in [7, 11) is 0. The number of aromatic nitrogens is 1. The predicted octanol–water partition coefficient (Wildman–Crippen LogP) is 3.63. The Hall–Kier alpha value is -1.04. The molecule has 0 atom stereocenters. The molecule has 1 aromatic heterocycles. The summed E-state index contributed by atoms with van der Waals surface area (Å²) in [6, 6.07) is 7.51. The quantitative estimate of drug-likeness (QED) is 0.578. The van der Waals surface area contributed by atoms with Crippen molar-refractivity contribution in [2.75, 3.05) is 0 Å². The molecule has 0 bridgehead atoms. The number of hydrogen-bond acceptors (Lipinski definition) is 1. The van der Waals surface area contributed by atoms with E-state index in [0.29, 0.717) is 14.7 Å². The largest absolute Gasteiger partial charge is 0.228 e. The van der Waals surface area contributed by atoms with Gasteiger partial charge < -0.3 is 0 Å². The number of pyridine rings is 1. The Kier molecular flexibility index (Phi) is 2.95. The first-order chi connectivity index (χ1) is 7.18. The SMILES string of the molecule is Fc1cccc(-c2c(I)ccnc2F)c1. The minimum Gasteiger partial charge on any atom is -0.228 e. The molecule has 0 fully saturated rings. The minimum atomic E-state index is -0.576. The van der Waals surface area contributed by atoms with Crippen LogP contribution in [0.4, 0.5) is 8.78 Å². The van der Waals surface area contributed by atoms with Gasteiger partial charge in [-0.15, -0.1) is 0 Å². The van der Waals surface area contributed by atoms with Gasteiger partial charge in [0, 0.05) is 9.77 Å². The van der Waals surface area contributed by atoms with Crippen LogP contribution in [0.5, 0.6) is 0 Å². The van der Waals surface area contributed by atoms with Crippen molar-refractivity contribution in [1.82, 2.24) is 4.98 Å². The highest BCUT2D eigenvalue weighted by Crippen LogP contribution is 2.27. The second-order valence-electron chi connectivity index (χ2n) is 2.97. The van der Waals surface area contributed by atoms with E-state index < -0.39 is 5.95 Å². The molecule has 15 heavy (non-hydrogen) atoms. The zero-order valence-corrected chi connectivity index (χ0v) is 9.70. The van der Waals surface area contributed by atoms with Crippen LogP contribution in [0.15, 0.2) is 36.5 Å². The maximum atomic E-state index is 13.4. The second-order valence-corrected chi connectivity index (χ2v) is 4.13. The van der Waals surface area contributed by atoms with Crippen LogP contribution in [0, 0.1) is 15.3 Å². The molecule has 2 aromatic rings. The number of rotatable bonds is 1. The summed E-state index contributed by atoms with van der Waals surface area (Å²) in [5.41, 5.74) is 0.850. The zero-order chi connectivity index (χ0) is 10.8. The molecule has 0 radical (unpaired) electrons. The Morgan fingerprint density at radius 2 is 1.93 bits per heavy atom. The van der Waals surface area contributed by atoms with E-state index in [4.69, 9.17) is 0 Å². The molecule has 1 nitrogen and oxygen atoms in total. The van der Waals surface area contributed by atoms with Crippen LogP contribution < -0.4 is 0 Å². The standard InChI is InChI=1S/C11H6F2IN/c12-8-3-1-2-7(6-8)10-9(14)4-5-15-11(10)13/h1-6H.